The maximum absolute atomic E-state index is 12.0. The molecule has 4 heteroatoms. The van der Waals surface area contributed by atoms with E-state index in [2.05, 4.69) is 0 Å². The van der Waals surface area contributed by atoms with Crippen molar-refractivity contribution in [2.75, 3.05) is 7.11 Å². The highest BCUT2D eigenvalue weighted by Crippen LogP contribution is 2.31. The van der Waals surface area contributed by atoms with Crippen molar-refractivity contribution in [3.05, 3.63) is 35.9 Å². The monoisotopic (exact) mass is 261 g/mol. The number of carbonyl (C=O) groups is 2. The number of hydrogen-bond donors (Lipinski definition) is 0. The van der Waals surface area contributed by atoms with Crippen LogP contribution in [0.4, 0.5) is 0 Å². The van der Waals surface area contributed by atoms with Crippen LogP contribution in [-0.4, -0.2) is 29.9 Å². The molecule has 1 aliphatic heterocycles. The van der Waals surface area contributed by atoms with E-state index in [1.165, 1.54) is 7.11 Å². The standard InChI is InChI=1S/C15H19NO3/c1-11(12-6-4-3-5-7-12)16-13(8-9-14(16)17)10-15(18)19-2/h3-7,11,13H,8-10H2,1-2H3. The molecule has 0 bridgehead atoms. The molecule has 0 radical (unpaired) electrons. The molecule has 4 nitrogen and oxygen atoms in total. The van der Waals surface area contributed by atoms with Crippen LogP contribution in [0.5, 0.6) is 0 Å². The number of hydrogen-bond acceptors (Lipinski definition) is 3. The van der Waals surface area contributed by atoms with E-state index in [-0.39, 0.29) is 30.4 Å². The second-order valence-corrected chi connectivity index (χ2v) is 4.86. The highest BCUT2D eigenvalue weighted by Gasteiger charge is 2.36. The van der Waals surface area contributed by atoms with Crippen LogP contribution in [0.15, 0.2) is 30.3 Å². The van der Waals surface area contributed by atoms with Crippen LogP contribution in [0.3, 0.4) is 0 Å². The van der Waals surface area contributed by atoms with Gasteiger partial charge in [-0.3, -0.25) is 9.59 Å². The number of esters is 1. The molecule has 1 saturated heterocycles. The van der Waals surface area contributed by atoms with Gasteiger partial charge in [-0.25, -0.2) is 0 Å². The lowest BCUT2D eigenvalue weighted by atomic mass is 10.0. The number of rotatable bonds is 4. The number of benzene rings is 1. The molecule has 1 aromatic carbocycles. The summed E-state index contributed by atoms with van der Waals surface area (Å²) in [5.41, 5.74) is 1.09. The number of methoxy groups -OCH3 is 1. The molecule has 2 atom stereocenters. The Labute approximate surface area is 113 Å². The van der Waals surface area contributed by atoms with Crippen LogP contribution in [0, 0.1) is 0 Å². The van der Waals surface area contributed by atoms with Crippen molar-refractivity contribution in [1.82, 2.24) is 4.90 Å². The van der Waals surface area contributed by atoms with Gasteiger partial charge >= 0.3 is 5.97 Å². The molecule has 1 amide bonds. The van der Waals surface area contributed by atoms with E-state index in [1.54, 1.807) is 0 Å². The molecular weight excluding hydrogens is 242 g/mol. The van der Waals surface area contributed by atoms with Crippen molar-refractivity contribution in [1.29, 1.82) is 0 Å². The van der Waals surface area contributed by atoms with Crippen molar-refractivity contribution in [2.45, 2.75) is 38.3 Å². The summed E-state index contributed by atoms with van der Waals surface area (Å²) in [6.45, 7) is 2.00. The molecule has 0 N–H and O–H groups in total. The van der Waals surface area contributed by atoms with E-state index in [4.69, 9.17) is 4.74 Å². The third-order valence-electron chi connectivity index (χ3n) is 3.70. The van der Waals surface area contributed by atoms with Crippen molar-refractivity contribution in [2.24, 2.45) is 0 Å². The zero-order valence-corrected chi connectivity index (χ0v) is 11.3. The van der Waals surface area contributed by atoms with E-state index < -0.39 is 0 Å². The summed E-state index contributed by atoms with van der Waals surface area (Å²) in [7, 11) is 1.38. The molecule has 1 heterocycles. The molecule has 102 valence electrons. The van der Waals surface area contributed by atoms with Crippen LogP contribution in [0.2, 0.25) is 0 Å². The molecule has 0 aromatic heterocycles. The third-order valence-corrected chi connectivity index (χ3v) is 3.70. The second-order valence-electron chi connectivity index (χ2n) is 4.86. The number of ether oxygens (including phenoxy) is 1. The van der Waals surface area contributed by atoms with Gasteiger partial charge in [0.1, 0.15) is 0 Å². The zero-order chi connectivity index (χ0) is 13.8. The minimum Gasteiger partial charge on any atom is -0.469 e. The first-order chi connectivity index (χ1) is 9.13. The minimum absolute atomic E-state index is 0.00847. The van der Waals surface area contributed by atoms with Crippen molar-refractivity contribution >= 4 is 11.9 Å². The van der Waals surface area contributed by atoms with Crippen LogP contribution in [0.1, 0.15) is 37.8 Å². The maximum Gasteiger partial charge on any atom is 0.307 e. The molecule has 0 aliphatic carbocycles. The van der Waals surface area contributed by atoms with Crippen molar-refractivity contribution < 1.29 is 14.3 Å². The summed E-state index contributed by atoms with van der Waals surface area (Å²) >= 11 is 0. The van der Waals surface area contributed by atoms with E-state index in [0.717, 1.165) is 12.0 Å². The minimum atomic E-state index is -0.259. The second kappa shape index (κ2) is 5.87. The Morgan fingerprint density at radius 1 is 1.42 bits per heavy atom. The fourth-order valence-electron chi connectivity index (χ4n) is 2.66. The van der Waals surface area contributed by atoms with Gasteiger partial charge in [0.15, 0.2) is 0 Å². The topological polar surface area (TPSA) is 46.6 Å². The van der Waals surface area contributed by atoms with Gasteiger partial charge in [-0.1, -0.05) is 30.3 Å². The van der Waals surface area contributed by atoms with Crippen LogP contribution in [-0.2, 0) is 14.3 Å². The first-order valence-corrected chi connectivity index (χ1v) is 6.56. The Balaban J connectivity index is 2.15. The van der Waals surface area contributed by atoms with Gasteiger partial charge in [-0.15, -0.1) is 0 Å². The maximum atomic E-state index is 12.0. The first-order valence-electron chi connectivity index (χ1n) is 6.56. The van der Waals surface area contributed by atoms with Gasteiger partial charge in [-0.2, -0.15) is 0 Å². The third kappa shape index (κ3) is 2.95. The van der Waals surface area contributed by atoms with Crippen LogP contribution in [0.25, 0.3) is 0 Å². The normalized spacial score (nSPS) is 20.4. The van der Waals surface area contributed by atoms with E-state index in [0.29, 0.717) is 6.42 Å². The predicted octanol–water partition coefficient (Wildman–Crippen LogP) is 2.30. The molecule has 0 spiro atoms. The largest absolute Gasteiger partial charge is 0.469 e. The smallest absolute Gasteiger partial charge is 0.307 e. The summed E-state index contributed by atoms with van der Waals surface area (Å²) in [5.74, 6) is -0.143. The van der Waals surface area contributed by atoms with Gasteiger partial charge in [0.25, 0.3) is 0 Å². The number of nitrogens with zero attached hydrogens (tertiary/aromatic N) is 1. The fourth-order valence-corrected chi connectivity index (χ4v) is 2.66. The quantitative estimate of drug-likeness (QED) is 0.781. The summed E-state index contributed by atoms with van der Waals surface area (Å²) in [6.07, 6.45) is 1.52. The zero-order valence-electron chi connectivity index (χ0n) is 11.3. The van der Waals surface area contributed by atoms with E-state index in [1.807, 2.05) is 42.2 Å². The number of carbonyl (C=O) groups excluding carboxylic acids is 2. The van der Waals surface area contributed by atoms with Gasteiger partial charge in [-0.05, 0) is 18.9 Å². The lowest BCUT2D eigenvalue weighted by molar-refractivity contribution is -0.142. The van der Waals surface area contributed by atoms with E-state index >= 15 is 0 Å². The lowest BCUT2D eigenvalue weighted by Crippen LogP contribution is -2.36. The van der Waals surface area contributed by atoms with Crippen LogP contribution >= 0.6 is 0 Å². The van der Waals surface area contributed by atoms with Crippen molar-refractivity contribution in [3.8, 4) is 0 Å². The summed E-state index contributed by atoms with van der Waals surface area (Å²) < 4.78 is 4.70. The Kier molecular flexibility index (Phi) is 4.20. The average molecular weight is 261 g/mol. The molecular formula is C15H19NO3. The lowest BCUT2D eigenvalue weighted by Gasteiger charge is -2.30. The van der Waals surface area contributed by atoms with E-state index in [9.17, 15) is 9.59 Å². The average Bonchev–Trinajstić information content (AvgIpc) is 2.79. The van der Waals surface area contributed by atoms with Gasteiger partial charge in [0.2, 0.25) is 5.91 Å². The Morgan fingerprint density at radius 2 is 2.11 bits per heavy atom. The molecule has 0 saturated carbocycles. The van der Waals surface area contributed by atoms with Gasteiger partial charge < -0.3 is 9.64 Å². The Hall–Kier alpha value is -1.84. The molecule has 2 unspecified atom stereocenters. The number of amides is 1. The van der Waals surface area contributed by atoms with Gasteiger partial charge in [0, 0.05) is 12.5 Å². The summed E-state index contributed by atoms with van der Waals surface area (Å²) in [4.78, 5) is 25.3. The molecule has 2 rings (SSSR count). The molecule has 1 aromatic rings. The molecule has 1 fully saturated rings. The Morgan fingerprint density at radius 3 is 2.74 bits per heavy atom. The Bertz CT molecular complexity index is 458. The first kappa shape index (κ1) is 13.6. The highest BCUT2D eigenvalue weighted by molar-refractivity contribution is 5.81. The fraction of sp³-hybridized carbons (Fsp3) is 0.467. The summed E-state index contributed by atoms with van der Waals surface area (Å²) in [5, 5.41) is 0. The highest BCUT2D eigenvalue weighted by atomic mass is 16.5. The predicted molar refractivity (Wildman–Crippen MR) is 71.4 cm³/mol. The van der Waals surface area contributed by atoms with Crippen LogP contribution < -0.4 is 0 Å². The molecule has 1 aliphatic rings. The van der Waals surface area contributed by atoms with Gasteiger partial charge in [0.05, 0.1) is 19.6 Å². The number of likely N-dealkylation sites (tertiary alicyclic amines) is 1. The van der Waals surface area contributed by atoms with Crippen molar-refractivity contribution in [3.63, 3.8) is 0 Å². The summed E-state index contributed by atoms with van der Waals surface area (Å²) in [6, 6.07) is 9.83. The SMILES string of the molecule is COC(=O)CC1CCC(=O)N1C(C)c1ccccc1. The molecule has 19 heavy (non-hydrogen) atoms.